The molecule has 1 aliphatic heterocycles. The molecular formula is C22H15N3O2. The lowest BCUT2D eigenvalue weighted by atomic mass is 9.93. The predicted octanol–water partition coefficient (Wildman–Crippen LogP) is 4.49. The molecule has 0 fully saturated rings. The number of fused-ring (bicyclic) bond motifs is 1. The van der Waals surface area contributed by atoms with Crippen molar-refractivity contribution in [2.45, 2.75) is 19.4 Å². The van der Waals surface area contributed by atoms with Gasteiger partial charge in [0.05, 0.1) is 0 Å². The van der Waals surface area contributed by atoms with E-state index in [0.717, 1.165) is 16.3 Å². The molecule has 0 amide bonds. The summed E-state index contributed by atoms with van der Waals surface area (Å²) in [6.07, 6.45) is 3.59. The lowest BCUT2D eigenvalue weighted by molar-refractivity contribution is 0.0954. The van der Waals surface area contributed by atoms with Crippen molar-refractivity contribution in [1.29, 1.82) is 15.8 Å². The molecule has 2 aromatic rings. The van der Waals surface area contributed by atoms with Crippen molar-refractivity contribution in [1.82, 2.24) is 0 Å². The third-order valence-electron chi connectivity index (χ3n) is 4.43. The van der Waals surface area contributed by atoms with E-state index in [1.165, 1.54) is 0 Å². The van der Waals surface area contributed by atoms with Crippen LogP contribution in [0.15, 0.2) is 65.0 Å². The van der Waals surface area contributed by atoms with Crippen molar-refractivity contribution >= 4 is 16.8 Å². The highest BCUT2D eigenvalue weighted by Crippen LogP contribution is 2.40. The Balaban J connectivity index is 2.17. The average molecular weight is 353 g/mol. The number of benzene rings is 2. The van der Waals surface area contributed by atoms with Gasteiger partial charge in [0.2, 0.25) is 0 Å². The first kappa shape index (κ1) is 17.8. The van der Waals surface area contributed by atoms with E-state index < -0.39 is 5.60 Å². The normalized spacial score (nSPS) is 15.3. The smallest absolute Gasteiger partial charge is 0.172 e. The number of allylic oxidation sites excluding steroid dienone is 2. The van der Waals surface area contributed by atoms with Crippen LogP contribution in [-0.4, -0.2) is 10.7 Å². The Bertz CT molecular complexity index is 1150. The molecule has 0 radical (unpaired) electrons. The molecule has 3 rings (SSSR count). The van der Waals surface area contributed by atoms with Crippen LogP contribution >= 0.6 is 0 Å². The Morgan fingerprint density at radius 2 is 1.67 bits per heavy atom. The lowest BCUT2D eigenvalue weighted by Gasteiger charge is -2.20. The summed E-state index contributed by atoms with van der Waals surface area (Å²) in [6.45, 7) is 3.55. The fourth-order valence-electron chi connectivity index (χ4n) is 3.11. The molecule has 1 heterocycles. The highest BCUT2D eigenvalue weighted by atomic mass is 16.5. The molecule has 130 valence electrons. The first-order valence-electron chi connectivity index (χ1n) is 8.20. The Morgan fingerprint density at radius 3 is 2.30 bits per heavy atom. The minimum Gasteiger partial charge on any atom is -0.507 e. The molecular weight excluding hydrogens is 338 g/mol. The predicted molar refractivity (Wildman–Crippen MR) is 101 cm³/mol. The maximum Gasteiger partial charge on any atom is 0.172 e. The molecule has 2 aromatic carbocycles. The summed E-state index contributed by atoms with van der Waals surface area (Å²) in [6, 6.07) is 16.5. The van der Waals surface area contributed by atoms with Gasteiger partial charge in [-0.3, -0.25) is 0 Å². The minimum absolute atomic E-state index is 0.0164. The number of rotatable bonds is 2. The van der Waals surface area contributed by atoms with E-state index >= 15 is 0 Å². The minimum atomic E-state index is -0.859. The summed E-state index contributed by atoms with van der Waals surface area (Å²) in [7, 11) is 0. The quantitative estimate of drug-likeness (QED) is 0.802. The van der Waals surface area contributed by atoms with E-state index in [0.29, 0.717) is 5.57 Å². The maximum atomic E-state index is 10.0. The third kappa shape index (κ3) is 3.01. The largest absolute Gasteiger partial charge is 0.507 e. The van der Waals surface area contributed by atoms with E-state index in [1.54, 1.807) is 44.2 Å². The zero-order chi connectivity index (χ0) is 19.6. The van der Waals surface area contributed by atoms with Gasteiger partial charge in [-0.2, -0.15) is 15.8 Å². The van der Waals surface area contributed by atoms with Crippen LogP contribution in [0.3, 0.4) is 0 Å². The average Bonchev–Trinajstić information content (AvgIpc) is 2.92. The Morgan fingerprint density at radius 1 is 1.00 bits per heavy atom. The van der Waals surface area contributed by atoms with Crippen LogP contribution in [0.1, 0.15) is 19.4 Å². The van der Waals surface area contributed by atoms with E-state index in [1.807, 2.05) is 30.3 Å². The number of phenols is 1. The molecule has 1 aliphatic rings. The van der Waals surface area contributed by atoms with Gasteiger partial charge < -0.3 is 9.84 Å². The fourth-order valence-corrected chi connectivity index (χ4v) is 3.11. The van der Waals surface area contributed by atoms with Crippen LogP contribution in [0.2, 0.25) is 0 Å². The molecule has 0 spiro atoms. The van der Waals surface area contributed by atoms with Gasteiger partial charge in [0.1, 0.15) is 35.1 Å². The standard InChI is InChI=1S/C22H15N3O2/c1-22(2)19(18(13-25)21(27-22)15(11-23)12-24)9-7-14-8-10-20(26)17-6-4-3-5-16(14)17/h3-10,26H,1-2H3. The molecule has 0 aliphatic carbocycles. The van der Waals surface area contributed by atoms with Crippen LogP contribution in [0.4, 0.5) is 0 Å². The van der Waals surface area contributed by atoms with Gasteiger partial charge in [-0.1, -0.05) is 42.5 Å². The van der Waals surface area contributed by atoms with Crippen LogP contribution in [0.5, 0.6) is 5.75 Å². The van der Waals surface area contributed by atoms with Gasteiger partial charge in [-0.15, -0.1) is 0 Å². The second-order valence-corrected chi connectivity index (χ2v) is 6.49. The molecule has 0 unspecified atom stereocenters. The van der Waals surface area contributed by atoms with Gasteiger partial charge >= 0.3 is 0 Å². The molecule has 0 saturated carbocycles. The van der Waals surface area contributed by atoms with Crippen LogP contribution in [-0.2, 0) is 4.74 Å². The van der Waals surface area contributed by atoms with Gasteiger partial charge in [0.15, 0.2) is 11.3 Å². The molecule has 5 nitrogen and oxygen atoms in total. The summed E-state index contributed by atoms with van der Waals surface area (Å²) >= 11 is 0. The number of nitriles is 3. The highest BCUT2D eigenvalue weighted by molar-refractivity contribution is 5.95. The molecule has 27 heavy (non-hydrogen) atoms. The first-order chi connectivity index (χ1) is 12.9. The number of aromatic hydroxyl groups is 1. The third-order valence-corrected chi connectivity index (χ3v) is 4.43. The SMILES string of the molecule is CC1(C)OC(=C(C#N)C#N)C(C#N)=C1C=Cc1ccc(O)c2ccccc12. The summed E-state index contributed by atoms with van der Waals surface area (Å²) in [5.41, 5.74) is 0.542. The van der Waals surface area contributed by atoms with Gasteiger partial charge in [0, 0.05) is 11.0 Å². The van der Waals surface area contributed by atoms with E-state index in [-0.39, 0.29) is 22.7 Å². The monoisotopic (exact) mass is 353 g/mol. The molecule has 1 N–H and O–H groups in total. The highest BCUT2D eigenvalue weighted by Gasteiger charge is 2.38. The number of phenolic OH excluding ortho intramolecular Hbond substituents is 1. The number of ether oxygens (including phenoxy) is 1. The second-order valence-electron chi connectivity index (χ2n) is 6.49. The molecule has 0 aromatic heterocycles. The molecule has 0 atom stereocenters. The number of nitrogens with zero attached hydrogens (tertiary/aromatic N) is 3. The number of hydrogen-bond acceptors (Lipinski definition) is 5. The van der Waals surface area contributed by atoms with Crippen molar-refractivity contribution in [3.8, 4) is 24.0 Å². The van der Waals surface area contributed by atoms with Crippen molar-refractivity contribution in [3.05, 3.63) is 70.5 Å². The molecule has 5 heteroatoms. The lowest BCUT2D eigenvalue weighted by Crippen LogP contribution is -2.20. The van der Waals surface area contributed by atoms with E-state index in [4.69, 9.17) is 15.3 Å². The zero-order valence-corrected chi connectivity index (χ0v) is 14.8. The number of hydrogen-bond donors (Lipinski definition) is 1. The van der Waals surface area contributed by atoms with Crippen molar-refractivity contribution < 1.29 is 9.84 Å². The molecule has 0 bridgehead atoms. The summed E-state index contributed by atoms with van der Waals surface area (Å²) < 4.78 is 5.75. The first-order valence-corrected chi connectivity index (χ1v) is 8.20. The zero-order valence-electron chi connectivity index (χ0n) is 14.8. The Hall–Kier alpha value is -4.01. The summed E-state index contributed by atoms with van der Waals surface area (Å²) in [5.74, 6) is 0.213. The Labute approximate surface area is 157 Å². The van der Waals surface area contributed by atoms with Gasteiger partial charge in [-0.25, -0.2) is 0 Å². The summed E-state index contributed by atoms with van der Waals surface area (Å²) in [4.78, 5) is 0. The van der Waals surface area contributed by atoms with E-state index in [2.05, 4.69) is 6.07 Å². The van der Waals surface area contributed by atoms with Crippen LogP contribution in [0, 0.1) is 34.0 Å². The van der Waals surface area contributed by atoms with Crippen molar-refractivity contribution in [2.24, 2.45) is 0 Å². The van der Waals surface area contributed by atoms with Crippen molar-refractivity contribution in [2.75, 3.05) is 0 Å². The van der Waals surface area contributed by atoms with Gasteiger partial charge in [0.25, 0.3) is 0 Å². The van der Waals surface area contributed by atoms with E-state index in [9.17, 15) is 10.4 Å². The fraction of sp³-hybridized carbons (Fsp3) is 0.136. The molecule has 0 saturated heterocycles. The maximum absolute atomic E-state index is 10.0. The summed E-state index contributed by atoms with van der Waals surface area (Å²) in [5, 5.41) is 39.5. The topological polar surface area (TPSA) is 101 Å². The van der Waals surface area contributed by atoms with Crippen LogP contribution < -0.4 is 0 Å². The Kier molecular flexibility index (Phi) is 4.43. The van der Waals surface area contributed by atoms with Crippen molar-refractivity contribution in [3.63, 3.8) is 0 Å². The van der Waals surface area contributed by atoms with Gasteiger partial charge in [-0.05, 0) is 30.9 Å². The second kappa shape index (κ2) is 6.71. The van der Waals surface area contributed by atoms with Crippen LogP contribution in [0.25, 0.3) is 16.8 Å².